The van der Waals surface area contributed by atoms with Gasteiger partial charge in [-0.25, -0.2) is 5.10 Å². The number of anilines is 1. The average molecular weight is 386 g/mol. The maximum absolute atomic E-state index is 6.08. The van der Waals surface area contributed by atoms with Gasteiger partial charge in [-0.3, -0.25) is 0 Å². The molecule has 0 unspecified atom stereocenters. The molecule has 5 nitrogen and oxygen atoms in total. The van der Waals surface area contributed by atoms with E-state index in [1.807, 2.05) is 36.4 Å². The number of hydrogen-bond donors (Lipinski definition) is 1. The van der Waals surface area contributed by atoms with Crippen LogP contribution in [0.4, 0.5) is 5.69 Å². The minimum absolute atomic E-state index is 0.427. The molecule has 0 radical (unpaired) electrons. The van der Waals surface area contributed by atoms with E-state index in [9.17, 15) is 0 Å². The van der Waals surface area contributed by atoms with Gasteiger partial charge in [0.2, 0.25) is 4.77 Å². The SMILES string of the molecule is CCN(CC)c1ccc(/C=N\n2c(-c3cccc(Cl)c3)n[nH]c2=S)cc1. The van der Waals surface area contributed by atoms with Crippen LogP contribution < -0.4 is 4.90 Å². The van der Waals surface area contributed by atoms with Crippen LogP contribution in [0.3, 0.4) is 0 Å². The molecule has 3 rings (SSSR count). The van der Waals surface area contributed by atoms with E-state index in [1.54, 1.807) is 10.9 Å². The summed E-state index contributed by atoms with van der Waals surface area (Å²) in [5.74, 6) is 0.619. The summed E-state index contributed by atoms with van der Waals surface area (Å²) in [7, 11) is 0. The Balaban J connectivity index is 1.87. The molecular formula is C19H20ClN5S. The molecule has 0 bridgehead atoms. The third kappa shape index (κ3) is 4.03. The van der Waals surface area contributed by atoms with Crippen LogP contribution in [0.5, 0.6) is 0 Å². The molecule has 0 fully saturated rings. The van der Waals surface area contributed by atoms with Crippen LogP contribution in [0, 0.1) is 4.77 Å². The highest BCUT2D eigenvalue weighted by molar-refractivity contribution is 7.71. The second-order valence-corrected chi connectivity index (χ2v) is 6.51. The standard InChI is InChI=1S/C19H20ClN5S/c1-3-24(4-2)17-10-8-14(9-11-17)13-21-25-18(22-23-19(25)26)15-6-5-7-16(20)12-15/h5-13H,3-4H2,1-2H3,(H,23,26)/b21-13-. The number of nitrogens with one attached hydrogen (secondary N) is 1. The zero-order valence-electron chi connectivity index (χ0n) is 14.7. The third-order valence-electron chi connectivity index (χ3n) is 4.08. The van der Waals surface area contributed by atoms with Crippen LogP contribution >= 0.6 is 23.8 Å². The van der Waals surface area contributed by atoms with Gasteiger partial charge in [0.1, 0.15) is 0 Å². The van der Waals surface area contributed by atoms with Crippen LogP contribution in [0.2, 0.25) is 5.02 Å². The molecule has 7 heteroatoms. The summed E-state index contributed by atoms with van der Waals surface area (Å²) in [5.41, 5.74) is 3.03. The van der Waals surface area contributed by atoms with Gasteiger partial charge in [-0.2, -0.15) is 14.9 Å². The Kier molecular flexibility index (Phi) is 5.85. The van der Waals surface area contributed by atoms with Crippen LogP contribution in [-0.2, 0) is 0 Å². The summed E-state index contributed by atoms with van der Waals surface area (Å²) in [6.45, 7) is 6.27. The van der Waals surface area contributed by atoms with Crippen LogP contribution in [0.15, 0.2) is 53.6 Å². The summed E-state index contributed by atoms with van der Waals surface area (Å²) in [6.07, 6.45) is 1.77. The normalized spacial score (nSPS) is 11.2. The number of aromatic nitrogens is 3. The molecule has 0 amide bonds. The van der Waals surface area contributed by atoms with Crippen molar-refractivity contribution in [3.8, 4) is 11.4 Å². The average Bonchev–Trinajstić information content (AvgIpc) is 3.03. The van der Waals surface area contributed by atoms with Gasteiger partial charge in [0.15, 0.2) is 5.82 Å². The number of aromatic amines is 1. The number of H-pyrrole nitrogens is 1. The van der Waals surface area contributed by atoms with Crippen LogP contribution in [-0.4, -0.2) is 34.2 Å². The maximum Gasteiger partial charge on any atom is 0.216 e. The first kappa shape index (κ1) is 18.4. The molecule has 134 valence electrons. The Morgan fingerprint density at radius 3 is 2.58 bits per heavy atom. The van der Waals surface area contributed by atoms with Crippen molar-refractivity contribution in [1.82, 2.24) is 14.9 Å². The molecule has 0 atom stereocenters. The van der Waals surface area contributed by atoms with Crippen molar-refractivity contribution in [2.75, 3.05) is 18.0 Å². The lowest BCUT2D eigenvalue weighted by Crippen LogP contribution is -2.21. The lowest BCUT2D eigenvalue weighted by atomic mass is 10.2. The van der Waals surface area contributed by atoms with Gasteiger partial charge >= 0.3 is 0 Å². The van der Waals surface area contributed by atoms with Crippen molar-refractivity contribution < 1.29 is 0 Å². The largest absolute Gasteiger partial charge is 0.372 e. The zero-order valence-corrected chi connectivity index (χ0v) is 16.3. The van der Waals surface area contributed by atoms with Gasteiger partial charge in [0.25, 0.3) is 0 Å². The van der Waals surface area contributed by atoms with Gasteiger partial charge in [-0.1, -0.05) is 35.9 Å². The van der Waals surface area contributed by atoms with Crippen LogP contribution in [0.1, 0.15) is 19.4 Å². The molecule has 0 aliphatic rings. The van der Waals surface area contributed by atoms with E-state index in [0.29, 0.717) is 15.6 Å². The molecule has 1 heterocycles. The highest BCUT2D eigenvalue weighted by Gasteiger charge is 2.08. The zero-order chi connectivity index (χ0) is 18.5. The van der Waals surface area contributed by atoms with Crippen LogP contribution in [0.25, 0.3) is 11.4 Å². The van der Waals surface area contributed by atoms with Gasteiger partial charge in [-0.05, 0) is 55.9 Å². The molecule has 26 heavy (non-hydrogen) atoms. The Morgan fingerprint density at radius 1 is 1.19 bits per heavy atom. The summed E-state index contributed by atoms with van der Waals surface area (Å²) in [5, 5.41) is 12.2. The third-order valence-corrected chi connectivity index (χ3v) is 4.58. The molecule has 0 aliphatic carbocycles. The van der Waals surface area contributed by atoms with E-state index in [-0.39, 0.29) is 0 Å². The fraction of sp³-hybridized carbons (Fsp3) is 0.211. The second-order valence-electron chi connectivity index (χ2n) is 5.68. The molecule has 2 aromatic carbocycles. The van der Waals surface area contributed by atoms with E-state index in [1.165, 1.54) is 5.69 Å². The first-order chi connectivity index (χ1) is 12.6. The predicted molar refractivity (Wildman–Crippen MR) is 111 cm³/mol. The molecule has 0 saturated heterocycles. The first-order valence-corrected chi connectivity index (χ1v) is 9.23. The Bertz CT molecular complexity index is 955. The number of nitrogens with zero attached hydrogens (tertiary/aromatic N) is 4. The molecule has 0 saturated carbocycles. The number of halogens is 1. The van der Waals surface area contributed by atoms with Crippen molar-refractivity contribution >= 4 is 35.7 Å². The van der Waals surface area contributed by atoms with E-state index in [4.69, 9.17) is 23.8 Å². The summed E-state index contributed by atoms with van der Waals surface area (Å²) >= 11 is 11.4. The van der Waals surface area contributed by atoms with E-state index in [0.717, 1.165) is 24.2 Å². The van der Waals surface area contributed by atoms with E-state index >= 15 is 0 Å². The quantitative estimate of drug-likeness (QED) is 0.480. The topological polar surface area (TPSA) is 49.2 Å². The first-order valence-electron chi connectivity index (χ1n) is 8.45. The summed E-state index contributed by atoms with van der Waals surface area (Å²) < 4.78 is 2.02. The number of rotatable bonds is 6. The van der Waals surface area contributed by atoms with E-state index in [2.05, 4.69) is 46.2 Å². The molecule has 0 aliphatic heterocycles. The highest BCUT2D eigenvalue weighted by atomic mass is 35.5. The van der Waals surface area contributed by atoms with Crippen molar-refractivity contribution in [3.63, 3.8) is 0 Å². The van der Waals surface area contributed by atoms with Gasteiger partial charge in [-0.15, -0.1) is 0 Å². The van der Waals surface area contributed by atoms with Gasteiger partial charge in [0, 0.05) is 29.4 Å². The Morgan fingerprint density at radius 2 is 1.92 bits per heavy atom. The van der Waals surface area contributed by atoms with Crippen molar-refractivity contribution in [2.45, 2.75) is 13.8 Å². The minimum Gasteiger partial charge on any atom is -0.372 e. The van der Waals surface area contributed by atoms with Gasteiger partial charge < -0.3 is 4.90 Å². The van der Waals surface area contributed by atoms with Gasteiger partial charge in [0.05, 0.1) is 6.21 Å². The van der Waals surface area contributed by atoms with E-state index < -0.39 is 0 Å². The second kappa shape index (κ2) is 8.29. The maximum atomic E-state index is 6.08. The molecule has 1 N–H and O–H groups in total. The van der Waals surface area contributed by atoms with Crippen molar-refractivity contribution in [1.29, 1.82) is 0 Å². The van der Waals surface area contributed by atoms with Crippen molar-refractivity contribution in [2.24, 2.45) is 5.10 Å². The Hall–Kier alpha value is -2.44. The monoisotopic (exact) mass is 385 g/mol. The van der Waals surface area contributed by atoms with Crippen molar-refractivity contribution in [3.05, 3.63) is 63.9 Å². The molecular weight excluding hydrogens is 366 g/mol. The summed E-state index contributed by atoms with van der Waals surface area (Å²) in [6, 6.07) is 15.7. The molecule has 1 aromatic heterocycles. The Labute approximate surface area is 162 Å². The lowest BCUT2D eigenvalue weighted by molar-refractivity contribution is 0.865. The molecule has 0 spiro atoms. The summed E-state index contributed by atoms with van der Waals surface area (Å²) in [4.78, 5) is 2.30. The highest BCUT2D eigenvalue weighted by Crippen LogP contribution is 2.21. The molecule has 3 aromatic rings. The smallest absolute Gasteiger partial charge is 0.216 e. The minimum atomic E-state index is 0.427. The fourth-order valence-electron chi connectivity index (χ4n) is 2.70. The predicted octanol–water partition coefficient (Wildman–Crippen LogP) is 4.99. The lowest BCUT2D eigenvalue weighted by Gasteiger charge is -2.20. The fourth-order valence-corrected chi connectivity index (χ4v) is 3.07. The number of benzene rings is 2. The number of hydrogen-bond acceptors (Lipinski definition) is 4.